The third-order valence-electron chi connectivity index (χ3n) is 3.72. The van der Waals surface area contributed by atoms with E-state index in [2.05, 4.69) is 5.32 Å². The first-order valence-corrected chi connectivity index (χ1v) is 9.29. The molecule has 0 aliphatic heterocycles. The Hall–Kier alpha value is -2.28. The molecule has 2 N–H and O–H groups in total. The van der Waals surface area contributed by atoms with Crippen molar-refractivity contribution in [3.05, 3.63) is 24.3 Å². The van der Waals surface area contributed by atoms with Crippen LogP contribution < -0.4 is 14.8 Å². The molecule has 0 aliphatic rings. The third-order valence-corrected chi connectivity index (χ3v) is 3.72. The average Bonchev–Trinajstić information content (AvgIpc) is 2.61. The Bertz CT molecular complexity index is 587. The lowest BCUT2D eigenvalue weighted by Crippen LogP contribution is -2.41. The van der Waals surface area contributed by atoms with Crippen LogP contribution in [0, 0.1) is 5.92 Å². The fourth-order valence-electron chi connectivity index (χ4n) is 2.52. The molecule has 0 spiro atoms. The number of amides is 1. The van der Waals surface area contributed by atoms with Gasteiger partial charge < -0.3 is 24.6 Å². The fraction of sp³-hybridized carbons (Fsp3) is 0.600. The van der Waals surface area contributed by atoms with Gasteiger partial charge in [-0.25, -0.2) is 4.79 Å². The van der Waals surface area contributed by atoms with Crippen LogP contribution in [0.2, 0.25) is 0 Å². The zero-order valence-corrected chi connectivity index (χ0v) is 16.6. The number of rotatable bonds is 11. The molecular formula is C20H31NO6. The summed E-state index contributed by atoms with van der Waals surface area (Å²) in [6.07, 6.45) is 0.961. The zero-order chi connectivity index (χ0) is 20.3. The van der Waals surface area contributed by atoms with Crippen LogP contribution in [0.3, 0.4) is 0 Å². The van der Waals surface area contributed by atoms with Gasteiger partial charge >= 0.3 is 12.1 Å². The predicted octanol–water partition coefficient (Wildman–Crippen LogP) is 3.29. The van der Waals surface area contributed by atoms with Crippen LogP contribution in [0.15, 0.2) is 24.3 Å². The fourth-order valence-corrected chi connectivity index (χ4v) is 2.52. The Morgan fingerprint density at radius 3 is 2.37 bits per heavy atom. The molecule has 1 aromatic carbocycles. The first-order chi connectivity index (χ1) is 12.8. The summed E-state index contributed by atoms with van der Waals surface area (Å²) >= 11 is 0. The number of hydrogen-bond donors (Lipinski definition) is 2. The van der Waals surface area contributed by atoms with Crippen molar-refractivity contribution in [2.75, 3.05) is 19.8 Å². The minimum Gasteiger partial charge on any atom is -0.494 e. The van der Waals surface area contributed by atoms with Gasteiger partial charge in [0.2, 0.25) is 0 Å². The van der Waals surface area contributed by atoms with Crippen molar-refractivity contribution in [2.45, 2.75) is 52.6 Å². The number of aliphatic hydroxyl groups excluding tert-OH is 1. The van der Waals surface area contributed by atoms with E-state index < -0.39 is 11.7 Å². The van der Waals surface area contributed by atoms with Crippen LogP contribution in [0.5, 0.6) is 11.5 Å². The summed E-state index contributed by atoms with van der Waals surface area (Å²) in [5, 5.41) is 12.1. The maximum atomic E-state index is 11.9. The molecule has 0 aromatic heterocycles. The minimum absolute atomic E-state index is 0.217. The van der Waals surface area contributed by atoms with Crippen LogP contribution in [-0.4, -0.2) is 42.5 Å². The number of carbonyl (C=O) groups is 2. The van der Waals surface area contributed by atoms with E-state index in [1.807, 2.05) is 13.8 Å². The molecule has 27 heavy (non-hydrogen) atoms. The van der Waals surface area contributed by atoms with Crippen LogP contribution >= 0.6 is 0 Å². The lowest BCUT2D eigenvalue weighted by Gasteiger charge is -2.29. The Morgan fingerprint density at radius 1 is 1.19 bits per heavy atom. The molecule has 1 aromatic rings. The molecule has 0 aliphatic carbocycles. The molecule has 0 heterocycles. The molecular weight excluding hydrogens is 350 g/mol. The van der Waals surface area contributed by atoms with Crippen LogP contribution in [0.25, 0.3) is 0 Å². The van der Waals surface area contributed by atoms with Gasteiger partial charge in [0, 0.05) is 13.0 Å². The Labute approximate surface area is 161 Å². The van der Waals surface area contributed by atoms with E-state index in [4.69, 9.17) is 14.2 Å². The highest BCUT2D eigenvalue weighted by Crippen LogP contribution is 2.20. The van der Waals surface area contributed by atoms with Gasteiger partial charge in [-0.15, -0.1) is 0 Å². The van der Waals surface area contributed by atoms with E-state index in [9.17, 15) is 14.7 Å². The van der Waals surface area contributed by atoms with E-state index in [1.54, 1.807) is 38.1 Å². The average molecular weight is 381 g/mol. The maximum absolute atomic E-state index is 11.9. The molecule has 7 nitrogen and oxygen atoms in total. The van der Waals surface area contributed by atoms with Crippen LogP contribution in [0.4, 0.5) is 4.79 Å². The van der Waals surface area contributed by atoms with Crippen molar-refractivity contribution >= 4 is 12.1 Å². The first-order valence-electron chi connectivity index (χ1n) is 9.29. The normalized spacial score (nSPS) is 13.0. The Morgan fingerprint density at radius 2 is 1.81 bits per heavy atom. The van der Waals surface area contributed by atoms with Gasteiger partial charge in [0.05, 0.1) is 13.2 Å². The monoisotopic (exact) mass is 381 g/mol. The van der Waals surface area contributed by atoms with E-state index >= 15 is 0 Å². The molecule has 0 saturated heterocycles. The Balaban J connectivity index is 2.26. The second-order valence-corrected chi connectivity index (χ2v) is 7.02. The van der Waals surface area contributed by atoms with Gasteiger partial charge in [0.15, 0.2) is 0 Å². The van der Waals surface area contributed by atoms with Crippen molar-refractivity contribution in [3.63, 3.8) is 0 Å². The van der Waals surface area contributed by atoms with E-state index in [-0.39, 0.29) is 12.6 Å². The summed E-state index contributed by atoms with van der Waals surface area (Å²) in [5.74, 6) is 1.15. The van der Waals surface area contributed by atoms with Crippen molar-refractivity contribution in [1.82, 2.24) is 5.32 Å². The number of ether oxygens (including phenoxy) is 3. The summed E-state index contributed by atoms with van der Waals surface area (Å²) < 4.78 is 16.0. The third kappa shape index (κ3) is 9.28. The van der Waals surface area contributed by atoms with Gasteiger partial charge in [-0.3, -0.25) is 4.79 Å². The largest absolute Gasteiger partial charge is 0.494 e. The van der Waals surface area contributed by atoms with Crippen molar-refractivity contribution < 1.29 is 28.9 Å². The molecule has 0 radical (unpaired) electrons. The van der Waals surface area contributed by atoms with Crippen LogP contribution in [-0.2, 0) is 9.53 Å². The SMILES string of the molecule is CCC(=O)Oc1ccc(OCCCNC(=O)OC(C)(CO)CC(C)C)cc1. The van der Waals surface area contributed by atoms with Crippen molar-refractivity contribution in [2.24, 2.45) is 5.92 Å². The highest BCUT2D eigenvalue weighted by Gasteiger charge is 2.29. The van der Waals surface area contributed by atoms with Gasteiger partial charge in [-0.1, -0.05) is 20.8 Å². The molecule has 1 unspecified atom stereocenters. The molecule has 0 fully saturated rings. The smallest absolute Gasteiger partial charge is 0.407 e. The lowest BCUT2D eigenvalue weighted by atomic mass is 9.95. The van der Waals surface area contributed by atoms with Crippen molar-refractivity contribution in [3.8, 4) is 11.5 Å². The van der Waals surface area contributed by atoms with Crippen molar-refractivity contribution in [1.29, 1.82) is 0 Å². The number of carbonyl (C=O) groups excluding carboxylic acids is 2. The number of aliphatic hydroxyl groups is 1. The quantitative estimate of drug-likeness (QED) is 0.347. The number of nitrogens with one attached hydrogen (secondary N) is 1. The zero-order valence-electron chi connectivity index (χ0n) is 16.6. The number of hydrogen-bond acceptors (Lipinski definition) is 6. The number of benzene rings is 1. The molecule has 7 heteroatoms. The highest BCUT2D eigenvalue weighted by atomic mass is 16.6. The van der Waals surface area contributed by atoms with Crippen LogP contribution in [0.1, 0.15) is 47.0 Å². The summed E-state index contributed by atoms with van der Waals surface area (Å²) in [5.41, 5.74) is -0.877. The highest BCUT2D eigenvalue weighted by molar-refractivity contribution is 5.71. The molecule has 1 amide bonds. The maximum Gasteiger partial charge on any atom is 0.407 e. The van der Waals surface area contributed by atoms with Gasteiger partial charge in [0.25, 0.3) is 0 Å². The molecule has 152 valence electrons. The first kappa shape index (κ1) is 22.8. The minimum atomic E-state index is -0.877. The summed E-state index contributed by atoms with van der Waals surface area (Å²) in [6.45, 7) is 8.06. The van der Waals surface area contributed by atoms with E-state index in [1.165, 1.54) is 0 Å². The summed E-state index contributed by atoms with van der Waals surface area (Å²) in [4.78, 5) is 23.1. The van der Waals surface area contributed by atoms with Gasteiger partial charge in [-0.05, 0) is 49.9 Å². The number of alkyl carbamates (subject to hydrolysis) is 1. The topological polar surface area (TPSA) is 94.1 Å². The van der Waals surface area contributed by atoms with Gasteiger partial charge in [0.1, 0.15) is 17.1 Å². The Kier molecular flexibility index (Phi) is 9.64. The molecule has 1 rings (SSSR count). The van der Waals surface area contributed by atoms with Gasteiger partial charge in [-0.2, -0.15) is 0 Å². The number of esters is 1. The summed E-state index contributed by atoms with van der Waals surface area (Å²) in [6, 6.07) is 6.78. The molecule has 0 bridgehead atoms. The van der Waals surface area contributed by atoms with E-state index in [0.29, 0.717) is 49.8 Å². The second kappa shape index (κ2) is 11.4. The standard InChI is InChI=1S/C20H31NO6/c1-5-18(23)26-17-9-7-16(8-10-17)25-12-6-11-21-19(24)27-20(4,14-22)13-15(2)3/h7-10,15,22H,5-6,11-14H2,1-4H3,(H,21,24). The summed E-state index contributed by atoms with van der Waals surface area (Å²) in [7, 11) is 0. The molecule has 0 saturated carbocycles. The predicted molar refractivity (Wildman–Crippen MR) is 102 cm³/mol. The van der Waals surface area contributed by atoms with E-state index in [0.717, 1.165) is 0 Å². The molecule has 1 atom stereocenters. The lowest BCUT2D eigenvalue weighted by molar-refractivity contribution is -0.134. The second-order valence-electron chi connectivity index (χ2n) is 7.02.